The van der Waals surface area contributed by atoms with E-state index in [1.807, 2.05) is 27.7 Å². The summed E-state index contributed by atoms with van der Waals surface area (Å²) >= 11 is 1.62. The monoisotopic (exact) mass is 204 g/mol. The minimum atomic E-state index is -0.285. The summed E-state index contributed by atoms with van der Waals surface area (Å²) in [5.41, 5.74) is 10.8. The summed E-state index contributed by atoms with van der Waals surface area (Å²) in [7, 11) is 0. The summed E-state index contributed by atoms with van der Waals surface area (Å²) in [6, 6.07) is 0. The van der Waals surface area contributed by atoms with E-state index in [0.717, 1.165) is 0 Å². The van der Waals surface area contributed by atoms with Gasteiger partial charge in [-0.05, 0) is 27.7 Å². The Morgan fingerprint density at radius 1 is 0.818 bits per heavy atom. The predicted molar refractivity (Wildman–Crippen MR) is 48.3 cm³/mol. The first-order valence-electron chi connectivity index (χ1n) is 3.46. The van der Waals surface area contributed by atoms with Gasteiger partial charge < -0.3 is 11.5 Å². The molecule has 0 rings (SSSR count). The molecule has 0 atom stereocenters. The van der Waals surface area contributed by atoms with E-state index in [9.17, 15) is 0 Å². The number of hydrogen-bond acceptors (Lipinski definition) is 2. The quantitative estimate of drug-likeness (QED) is 0.639. The van der Waals surface area contributed by atoms with Crippen molar-refractivity contribution in [2.24, 2.45) is 11.5 Å². The van der Waals surface area contributed by atoms with Gasteiger partial charge in [-0.2, -0.15) is 0 Å². The van der Waals surface area contributed by atoms with Gasteiger partial charge >= 0.3 is 26.2 Å². The summed E-state index contributed by atoms with van der Waals surface area (Å²) in [5.74, 6) is 4.12. The van der Waals surface area contributed by atoms with Crippen molar-refractivity contribution in [3.05, 3.63) is 0 Å². The molecule has 2 nitrogen and oxygen atoms in total. The van der Waals surface area contributed by atoms with Crippen LogP contribution < -0.4 is 11.5 Å². The summed E-state index contributed by atoms with van der Waals surface area (Å²) in [5, 5.41) is 0. The molecule has 0 aromatic carbocycles. The first-order chi connectivity index (χ1) is 4.66. The maximum atomic E-state index is 5.69. The van der Waals surface area contributed by atoms with Crippen LogP contribution in [-0.4, -0.2) is 11.1 Å². The van der Waals surface area contributed by atoms with E-state index >= 15 is 0 Å². The van der Waals surface area contributed by atoms with E-state index < -0.39 is 0 Å². The maximum absolute atomic E-state index is 5.69. The van der Waals surface area contributed by atoms with Gasteiger partial charge in [0.15, 0.2) is 0 Å². The molecule has 3 heteroatoms. The molecule has 0 fully saturated rings. The Bertz CT molecular complexity index is 77.2. The molecule has 0 heterocycles. The first kappa shape index (κ1) is 14.0. The molecule has 0 unspecified atom stereocenters. The molecule has 0 aromatic heterocycles. The minimum absolute atomic E-state index is 0.285. The van der Waals surface area contributed by atoms with E-state index in [4.69, 9.17) is 11.5 Å². The normalized spacial score (nSPS) is 12.4. The van der Waals surface area contributed by atoms with E-state index in [0.29, 0.717) is 0 Å². The van der Waals surface area contributed by atoms with Crippen molar-refractivity contribution in [3.63, 3.8) is 0 Å². The van der Waals surface area contributed by atoms with Crippen LogP contribution in [0.2, 0.25) is 11.8 Å². The number of hydrogen-bond donors (Lipinski definition) is 2. The average Bonchev–Trinajstić information content (AvgIpc) is 1.60. The van der Waals surface area contributed by atoms with Gasteiger partial charge in [-0.1, -0.05) is 0 Å². The molecule has 0 aliphatic heterocycles. The van der Waals surface area contributed by atoms with Gasteiger partial charge in [0.25, 0.3) is 0 Å². The molecular weight excluding hydrogens is 183 g/mol. The second-order valence-corrected chi connectivity index (χ2v) is 4.75. The molecule has 0 bridgehead atoms. The van der Waals surface area contributed by atoms with Crippen molar-refractivity contribution in [1.82, 2.24) is 0 Å². The van der Waals surface area contributed by atoms with E-state index in [1.165, 1.54) is 0 Å². The van der Waals surface area contributed by atoms with Gasteiger partial charge in [0, 0.05) is 11.1 Å². The zero-order valence-corrected chi connectivity index (χ0v) is 9.46. The molecule has 0 radical (unpaired) electrons. The third-order valence-electron chi connectivity index (χ3n) is 1.66. The van der Waals surface area contributed by atoms with E-state index in [1.54, 1.807) is 14.4 Å². The van der Waals surface area contributed by atoms with Crippen molar-refractivity contribution in [3.8, 4) is 0 Å². The summed E-state index contributed by atoms with van der Waals surface area (Å²) in [4.78, 5) is 0. The fourth-order valence-electron chi connectivity index (χ4n) is 0. The summed E-state index contributed by atoms with van der Waals surface area (Å²) in [6.45, 7) is 7.69. The van der Waals surface area contributed by atoms with Crippen LogP contribution >= 0.6 is 0 Å². The predicted octanol–water partition coefficient (Wildman–Crippen LogP) is 1.63. The first-order valence-corrected chi connectivity index (χ1v) is 5.44. The molecule has 0 saturated heterocycles. The van der Waals surface area contributed by atoms with Gasteiger partial charge in [-0.3, -0.25) is 0 Å². The van der Waals surface area contributed by atoms with Crippen molar-refractivity contribution in [2.45, 2.75) is 50.6 Å². The van der Waals surface area contributed by atoms with Crippen molar-refractivity contribution in [1.29, 1.82) is 0 Å². The standard InChI is InChI=1S/C6H16N2.2CH3.Ni/c1-5(2,7)6(3,4)8;;;/h7-8H2,1-4H3;2*1H3;. The van der Waals surface area contributed by atoms with Crippen LogP contribution in [0.4, 0.5) is 0 Å². The van der Waals surface area contributed by atoms with Gasteiger partial charge in [0.05, 0.1) is 0 Å². The fourth-order valence-corrected chi connectivity index (χ4v) is 0. The molecule has 0 saturated carbocycles. The van der Waals surface area contributed by atoms with Crippen LogP contribution in [-0.2, 0) is 14.4 Å². The van der Waals surface area contributed by atoms with Crippen LogP contribution in [0.1, 0.15) is 27.7 Å². The van der Waals surface area contributed by atoms with Crippen LogP contribution in [0.3, 0.4) is 0 Å². The molecule has 0 aliphatic rings. The Morgan fingerprint density at radius 3 is 0.909 bits per heavy atom. The third-order valence-corrected chi connectivity index (χ3v) is 1.66. The summed E-state index contributed by atoms with van der Waals surface area (Å²) < 4.78 is 0. The Balaban J connectivity index is 0. The molecule has 4 N–H and O–H groups in total. The van der Waals surface area contributed by atoms with Crippen LogP contribution in [0.5, 0.6) is 0 Å². The Hall–Kier alpha value is 0.414. The number of nitrogens with two attached hydrogens (primary N) is 2. The molecule has 0 aliphatic carbocycles. The van der Waals surface area contributed by atoms with Crippen molar-refractivity contribution >= 4 is 0 Å². The van der Waals surface area contributed by atoms with Gasteiger partial charge in [-0.15, -0.1) is 0 Å². The number of rotatable bonds is 1. The van der Waals surface area contributed by atoms with Crippen molar-refractivity contribution < 1.29 is 14.4 Å². The summed E-state index contributed by atoms with van der Waals surface area (Å²) in [6.07, 6.45) is 0. The Kier molecular flexibility index (Phi) is 6.51. The molecule has 74 valence electrons. The van der Waals surface area contributed by atoms with Crippen LogP contribution in [0.25, 0.3) is 0 Å². The molecule has 0 spiro atoms. The van der Waals surface area contributed by atoms with Crippen molar-refractivity contribution in [2.75, 3.05) is 0 Å². The SMILES string of the molecule is CC(C)(N)C(C)(C)N.[CH3][Ni][CH3]. The van der Waals surface area contributed by atoms with Gasteiger partial charge in [0.2, 0.25) is 0 Å². The molecule has 0 amide bonds. The van der Waals surface area contributed by atoms with E-state index in [2.05, 4.69) is 11.8 Å². The fraction of sp³-hybridized carbons (Fsp3) is 1.00. The topological polar surface area (TPSA) is 52.0 Å². The molecule has 11 heavy (non-hydrogen) atoms. The van der Waals surface area contributed by atoms with Crippen LogP contribution in [0.15, 0.2) is 0 Å². The van der Waals surface area contributed by atoms with Gasteiger partial charge in [0.1, 0.15) is 0 Å². The second kappa shape index (κ2) is 5.13. The zero-order valence-electron chi connectivity index (χ0n) is 8.47. The average molecular weight is 205 g/mol. The van der Waals surface area contributed by atoms with E-state index in [-0.39, 0.29) is 11.1 Å². The molecule has 0 aromatic rings. The second-order valence-electron chi connectivity index (χ2n) is 3.76. The van der Waals surface area contributed by atoms with Gasteiger partial charge in [-0.25, -0.2) is 0 Å². The third kappa shape index (κ3) is 8.32. The Morgan fingerprint density at radius 2 is 0.909 bits per heavy atom. The van der Waals surface area contributed by atoms with Crippen LogP contribution in [0, 0.1) is 0 Å². The zero-order chi connectivity index (χ0) is 9.71. The Labute approximate surface area is 76.9 Å². The molecular formula is C8H22N2Ni.